The normalized spacial score (nSPS) is 34.2. The molecule has 0 aromatic heterocycles. The van der Waals surface area contributed by atoms with Crippen LogP contribution in [0.1, 0.15) is 46.5 Å². The molecule has 2 aliphatic heterocycles. The van der Waals surface area contributed by atoms with Gasteiger partial charge in [-0.15, -0.1) is 0 Å². The van der Waals surface area contributed by atoms with E-state index in [9.17, 15) is 0 Å². The van der Waals surface area contributed by atoms with Gasteiger partial charge in [0.15, 0.2) is 0 Å². The lowest BCUT2D eigenvalue weighted by molar-refractivity contribution is -0.0129. The third-order valence-corrected chi connectivity index (χ3v) is 4.45. The molecule has 100 valence electrons. The summed E-state index contributed by atoms with van der Waals surface area (Å²) in [6, 6.07) is 2.34. The minimum absolute atomic E-state index is 0.0306. The number of rotatable bonds is 5. The van der Waals surface area contributed by atoms with Gasteiger partial charge in [-0.1, -0.05) is 0 Å². The van der Waals surface area contributed by atoms with Gasteiger partial charge in [-0.2, -0.15) is 0 Å². The van der Waals surface area contributed by atoms with Gasteiger partial charge in [0.05, 0.1) is 5.60 Å². The lowest BCUT2D eigenvalue weighted by Crippen LogP contribution is -2.50. The summed E-state index contributed by atoms with van der Waals surface area (Å²) in [5.41, 5.74) is -0.0306. The van der Waals surface area contributed by atoms with Gasteiger partial charge in [-0.05, 0) is 53.5 Å². The van der Waals surface area contributed by atoms with Gasteiger partial charge < -0.3 is 15.0 Å². The van der Waals surface area contributed by atoms with E-state index in [1.165, 1.54) is 25.7 Å². The number of ether oxygens (including phenoxy) is 1. The summed E-state index contributed by atoms with van der Waals surface area (Å²) < 4.78 is 5.74. The first-order valence-corrected chi connectivity index (χ1v) is 7.11. The Morgan fingerprint density at radius 3 is 2.35 bits per heavy atom. The van der Waals surface area contributed by atoms with Crippen LogP contribution >= 0.6 is 0 Å². The fourth-order valence-corrected chi connectivity index (χ4v) is 3.41. The third-order valence-electron chi connectivity index (χ3n) is 4.45. The molecule has 0 aromatic carbocycles. The fraction of sp³-hybridized carbons (Fsp3) is 1.00. The summed E-state index contributed by atoms with van der Waals surface area (Å²) in [5.74, 6) is 0. The maximum absolute atomic E-state index is 5.74. The average molecular weight is 240 g/mol. The molecule has 0 amide bonds. The molecule has 2 aliphatic rings. The molecule has 2 saturated heterocycles. The fourth-order valence-electron chi connectivity index (χ4n) is 3.41. The first kappa shape index (κ1) is 13.3. The summed E-state index contributed by atoms with van der Waals surface area (Å²) in [7, 11) is 2.29. The summed E-state index contributed by atoms with van der Waals surface area (Å²) in [6.07, 6.45) is 5.42. The second-order valence-corrected chi connectivity index (χ2v) is 6.29. The van der Waals surface area contributed by atoms with Crippen LogP contribution in [0.3, 0.4) is 0 Å². The van der Waals surface area contributed by atoms with Crippen molar-refractivity contribution >= 4 is 0 Å². The van der Waals surface area contributed by atoms with Gasteiger partial charge in [0, 0.05) is 31.3 Å². The lowest BCUT2D eigenvalue weighted by atomic mass is 9.97. The predicted molar refractivity (Wildman–Crippen MR) is 71.3 cm³/mol. The average Bonchev–Trinajstić information content (AvgIpc) is 2.52. The van der Waals surface area contributed by atoms with Gasteiger partial charge >= 0.3 is 0 Å². The van der Waals surface area contributed by atoms with E-state index in [1.807, 2.05) is 0 Å². The Hall–Kier alpha value is -0.120. The molecule has 2 atom stereocenters. The summed E-state index contributed by atoms with van der Waals surface area (Å²) in [5, 5.41) is 3.72. The van der Waals surface area contributed by atoms with Crippen molar-refractivity contribution in [2.75, 3.05) is 20.2 Å². The number of hydrogen-bond donors (Lipinski definition) is 1. The highest BCUT2D eigenvalue weighted by Gasteiger charge is 2.38. The summed E-state index contributed by atoms with van der Waals surface area (Å²) in [6.45, 7) is 8.18. The molecule has 2 heterocycles. The van der Waals surface area contributed by atoms with Gasteiger partial charge in [0.25, 0.3) is 0 Å². The SMILES string of the molecule is CCOC(C)(C)CNC1CC2CCC(C1)N2C. The molecule has 0 aliphatic carbocycles. The van der Waals surface area contributed by atoms with Crippen LogP contribution in [0.15, 0.2) is 0 Å². The van der Waals surface area contributed by atoms with Crippen molar-refractivity contribution in [2.24, 2.45) is 0 Å². The molecular weight excluding hydrogens is 212 g/mol. The van der Waals surface area contributed by atoms with Crippen LogP contribution < -0.4 is 5.32 Å². The number of hydrogen-bond acceptors (Lipinski definition) is 3. The molecule has 3 heteroatoms. The Morgan fingerprint density at radius 1 is 1.24 bits per heavy atom. The van der Waals surface area contributed by atoms with E-state index >= 15 is 0 Å². The molecule has 2 bridgehead atoms. The van der Waals surface area contributed by atoms with E-state index in [0.717, 1.165) is 25.2 Å². The molecule has 1 N–H and O–H groups in total. The van der Waals surface area contributed by atoms with Crippen LogP contribution in [0.5, 0.6) is 0 Å². The molecule has 2 fully saturated rings. The van der Waals surface area contributed by atoms with Crippen molar-refractivity contribution in [1.82, 2.24) is 10.2 Å². The third kappa shape index (κ3) is 3.21. The highest BCUT2D eigenvalue weighted by atomic mass is 16.5. The molecule has 0 aromatic rings. The first-order chi connectivity index (χ1) is 8.02. The molecule has 0 saturated carbocycles. The first-order valence-electron chi connectivity index (χ1n) is 7.11. The van der Waals surface area contributed by atoms with Crippen molar-refractivity contribution in [1.29, 1.82) is 0 Å². The van der Waals surface area contributed by atoms with E-state index in [4.69, 9.17) is 4.74 Å². The molecule has 2 unspecified atom stereocenters. The Labute approximate surface area is 106 Å². The quantitative estimate of drug-likeness (QED) is 0.795. The van der Waals surface area contributed by atoms with E-state index in [-0.39, 0.29) is 5.60 Å². The predicted octanol–water partition coefficient (Wildman–Crippen LogP) is 2.02. The van der Waals surface area contributed by atoms with Crippen molar-refractivity contribution in [2.45, 2.75) is 70.2 Å². The van der Waals surface area contributed by atoms with Gasteiger partial charge in [-0.25, -0.2) is 0 Å². The molecule has 3 nitrogen and oxygen atoms in total. The van der Waals surface area contributed by atoms with Crippen LogP contribution in [0.25, 0.3) is 0 Å². The Kier molecular flexibility index (Phi) is 4.11. The molecule has 0 radical (unpaired) electrons. The Balaban J connectivity index is 1.78. The van der Waals surface area contributed by atoms with Crippen LogP contribution in [0, 0.1) is 0 Å². The maximum atomic E-state index is 5.74. The molecule has 0 spiro atoms. The second-order valence-electron chi connectivity index (χ2n) is 6.29. The molecule has 2 rings (SSSR count). The van der Waals surface area contributed by atoms with E-state index in [1.54, 1.807) is 0 Å². The Morgan fingerprint density at radius 2 is 1.82 bits per heavy atom. The van der Waals surface area contributed by atoms with E-state index in [2.05, 4.69) is 38.0 Å². The van der Waals surface area contributed by atoms with Gasteiger partial charge in [0.2, 0.25) is 0 Å². The number of nitrogens with one attached hydrogen (secondary N) is 1. The number of piperidine rings is 1. The van der Waals surface area contributed by atoms with Crippen molar-refractivity contribution in [3.8, 4) is 0 Å². The number of fused-ring (bicyclic) bond motifs is 2. The van der Waals surface area contributed by atoms with Crippen LogP contribution in [0.2, 0.25) is 0 Å². The van der Waals surface area contributed by atoms with Crippen molar-refractivity contribution in [3.63, 3.8) is 0 Å². The highest BCUT2D eigenvalue weighted by molar-refractivity contribution is 4.96. The van der Waals surface area contributed by atoms with E-state index in [0.29, 0.717) is 6.04 Å². The van der Waals surface area contributed by atoms with Crippen LogP contribution in [-0.2, 0) is 4.74 Å². The minimum atomic E-state index is -0.0306. The molecule has 17 heavy (non-hydrogen) atoms. The topological polar surface area (TPSA) is 24.5 Å². The second kappa shape index (κ2) is 5.25. The maximum Gasteiger partial charge on any atom is 0.0750 e. The monoisotopic (exact) mass is 240 g/mol. The summed E-state index contributed by atoms with van der Waals surface area (Å²) >= 11 is 0. The smallest absolute Gasteiger partial charge is 0.0750 e. The minimum Gasteiger partial charge on any atom is -0.375 e. The largest absolute Gasteiger partial charge is 0.375 e. The van der Waals surface area contributed by atoms with Gasteiger partial charge in [0.1, 0.15) is 0 Å². The highest BCUT2D eigenvalue weighted by Crippen LogP contribution is 2.34. The molecular formula is C14H28N2O. The zero-order valence-electron chi connectivity index (χ0n) is 11.8. The standard InChI is InChI=1S/C14H28N2O/c1-5-17-14(2,3)10-15-11-8-12-6-7-13(9-11)16(12)4/h11-13,15H,5-10H2,1-4H3. The zero-order valence-corrected chi connectivity index (χ0v) is 11.8. The lowest BCUT2D eigenvalue weighted by Gasteiger charge is -2.38. The number of nitrogens with zero attached hydrogens (tertiary/aromatic N) is 1. The van der Waals surface area contributed by atoms with Crippen molar-refractivity contribution < 1.29 is 4.74 Å². The van der Waals surface area contributed by atoms with Crippen molar-refractivity contribution in [3.05, 3.63) is 0 Å². The zero-order chi connectivity index (χ0) is 12.5. The summed E-state index contributed by atoms with van der Waals surface area (Å²) in [4.78, 5) is 2.59. The Bertz CT molecular complexity index is 241. The van der Waals surface area contributed by atoms with E-state index < -0.39 is 0 Å². The van der Waals surface area contributed by atoms with Crippen LogP contribution in [-0.4, -0.2) is 48.8 Å². The van der Waals surface area contributed by atoms with Gasteiger partial charge in [-0.3, -0.25) is 0 Å². The van der Waals surface area contributed by atoms with Crippen LogP contribution in [0.4, 0.5) is 0 Å².